The number of nitrogens with zero attached hydrogens (tertiary/aromatic N) is 1. The van der Waals surface area contributed by atoms with Crippen molar-refractivity contribution in [1.29, 1.82) is 5.26 Å². The Morgan fingerprint density at radius 3 is 2.79 bits per heavy atom. The minimum absolute atomic E-state index is 0.0619. The first-order chi connectivity index (χ1) is 14.2. The molecule has 4 rings (SSSR count). The third-order valence-electron chi connectivity index (χ3n) is 5.42. The van der Waals surface area contributed by atoms with Crippen LogP contribution in [0.3, 0.4) is 0 Å². The molecule has 6 heteroatoms. The van der Waals surface area contributed by atoms with Crippen LogP contribution < -0.4 is 10.6 Å². The molecule has 0 unspecified atom stereocenters. The van der Waals surface area contributed by atoms with Crippen LogP contribution in [0, 0.1) is 11.3 Å². The maximum absolute atomic E-state index is 12.7. The van der Waals surface area contributed by atoms with E-state index < -0.39 is 0 Å². The zero-order chi connectivity index (χ0) is 20.2. The molecule has 148 valence electrons. The number of rotatable bonds is 7. The lowest BCUT2D eigenvalue weighted by Gasteiger charge is -2.15. The van der Waals surface area contributed by atoms with Crippen molar-refractivity contribution in [2.75, 3.05) is 11.9 Å². The average Bonchev–Trinajstić information content (AvgIpc) is 3.46. The Morgan fingerprint density at radius 1 is 1.28 bits per heavy atom. The highest BCUT2D eigenvalue weighted by molar-refractivity contribution is 7.16. The van der Waals surface area contributed by atoms with Gasteiger partial charge in [0, 0.05) is 10.4 Å². The molecule has 1 amide bonds. The number of nitriles is 1. The summed E-state index contributed by atoms with van der Waals surface area (Å²) >= 11 is 3.28. The molecule has 3 aromatic rings. The standard InChI is InChI=1S/C23H23N3OS2/c1-2-15-8-10-16(11-9-15)22(20-7-4-12-28-20)25-14-21(27)26-23-18(13-24)17-5-3-6-19(17)29-23/h4,7-12,22,25H,2-3,5-6,14H2,1H3,(H,26,27)/p+1/t22-/m0/s1. The number of amides is 1. The van der Waals surface area contributed by atoms with Crippen molar-refractivity contribution in [3.8, 4) is 6.07 Å². The van der Waals surface area contributed by atoms with Gasteiger partial charge in [-0.25, -0.2) is 0 Å². The van der Waals surface area contributed by atoms with E-state index in [1.165, 1.54) is 20.9 Å². The van der Waals surface area contributed by atoms with Gasteiger partial charge in [-0.3, -0.25) is 4.79 Å². The molecule has 2 aromatic heterocycles. The quantitative estimate of drug-likeness (QED) is 0.604. The van der Waals surface area contributed by atoms with Crippen LogP contribution in [0.25, 0.3) is 0 Å². The van der Waals surface area contributed by atoms with Crippen molar-refractivity contribution < 1.29 is 10.1 Å². The van der Waals surface area contributed by atoms with Gasteiger partial charge in [-0.1, -0.05) is 37.3 Å². The van der Waals surface area contributed by atoms with Gasteiger partial charge in [0.1, 0.15) is 17.1 Å². The number of nitrogens with one attached hydrogen (secondary N) is 1. The van der Waals surface area contributed by atoms with E-state index in [4.69, 9.17) is 0 Å². The highest BCUT2D eigenvalue weighted by Crippen LogP contribution is 2.38. The monoisotopic (exact) mass is 422 g/mol. The number of aryl methyl sites for hydroxylation is 2. The van der Waals surface area contributed by atoms with Crippen LogP contribution in [-0.4, -0.2) is 12.5 Å². The molecular weight excluding hydrogens is 398 g/mol. The van der Waals surface area contributed by atoms with Gasteiger partial charge in [-0.05, 0) is 48.3 Å². The van der Waals surface area contributed by atoms with Crippen molar-refractivity contribution in [2.45, 2.75) is 38.6 Å². The van der Waals surface area contributed by atoms with Gasteiger partial charge in [0.05, 0.1) is 10.4 Å². The summed E-state index contributed by atoms with van der Waals surface area (Å²) in [6.45, 7) is 2.46. The number of anilines is 1. The van der Waals surface area contributed by atoms with Crippen LogP contribution in [0.1, 0.15) is 51.4 Å². The Labute approximate surface area is 179 Å². The van der Waals surface area contributed by atoms with E-state index in [1.54, 1.807) is 22.7 Å². The van der Waals surface area contributed by atoms with Crippen molar-refractivity contribution in [3.63, 3.8) is 0 Å². The summed E-state index contributed by atoms with van der Waals surface area (Å²) in [6.07, 6.45) is 4.09. The molecule has 4 nitrogen and oxygen atoms in total. The molecule has 3 N–H and O–H groups in total. The first kappa shape index (κ1) is 19.8. The maximum Gasteiger partial charge on any atom is 0.280 e. The molecule has 0 aliphatic heterocycles. The number of carbonyl (C=O) groups excluding carboxylic acids is 1. The largest absolute Gasteiger partial charge is 0.328 e. The fourth-order valence-corrected chi connectivity index (χ4v) is 5.96. The summed E-state index contributed by atoms with van der Waals surface area (Å²) in [5.41, 5.74) is 4.32. The molecule has 2 heterocycles. The second kappa shape index (κ2) is 8.91. The number of carbonyl (C=O) groups is 1. The summed E-state index contributed by atoms with van der Waals surface area (Å²) in [4.78, 5) is 15.2. The molecule has 1 aliphatic carbocycles. The van der Waals surface area contributed by atoms with E-state index in [1.807, 2.05) is 6.07 Å². The van der Waals surface area contributed by atoms with E-state index in [9.17, 15) is 10.1 Å². The van der Waals surface area contributed by atoms with E-state index in [0.717, 1.165) is 36.2 Å². The molecule has 0 radical (unpaired) electrons. The second-order valence-electron chi connectivity index (χ2n) is 7.25. The molecule has 1 aliphatic rings. The molecule has 0 bridgehead atoms. The van der Waals surface area contributed by atoms with Crippen LogP contribution >= 0.6 is 22.7 Å². The number of nitrogens with two attached hydrogens (primary N) is 1. The Bertz CT molecular complexity index is 1030. The third-order valence-corrected chi connectivity index (χ3v) is 7.58. The fraction of sp³-hybridized carbons (Fsp3) is 0.304. The van der Waals surface area contributed by atoms with E-state index in [-0.39, 0.29) is 11.9 Å². The van der Waals surface area contributed by atoms with Crippen molar-refractivity contribution in [2.24, 2.45) is 0 Å². The molecule has 0 fully saturated rings. The SMILES string of the molecule is CCc1ccc([C@H]([NH2+]CC(=O)Nc2sc3c(c2C#N)CCC3)c2cccs2)cc1. The summed E-state index contributed by atoms with van der Waals surface area (Å²) in [5.74, 6) is -0.0619. The van der Waals surface area contributed by atoms with Gasteiger partial charge >= 0.3 is 0 Å². The molecule has 1 aromatic carbocycles. The highest BCUT2D eigenvalue weighted by atomic mass is 32.1. The number of benzene rings is 1. The molecule has 0 spiro atoms. The predicted octanol–water partition coefficient (Wildman–Crippen LogP) is 4.02. The van der Waals surface area contributed by atoms with Gasteiger partial charge < -0.3 is 10.6 Å². The van der Waals surface area contributed by atoms with E-state index in [0.29, 0.717) is 12.1 Å². The number of fused-ring (bicyclic) bond motifs is 1. The van der Waals surface area contributed by atoms with E-state index in [2.05, 4.69) is 59.3 Å². The predicted molar refractivity (Wildman–Crippen MR) is 118 cm³/mol. The summed E-state index contributed by atoms with van der Waals surface area (Å²) in [6, 6.07) is 15.2. The summed E-state index contributed by atoms with van der Waals surface area (Å²) in [7, 11) is 0. The minimum atomic E-state index is -0.0619. The Kier molecular flexibility index (Phi) is 6.10. The number of hydrogen-bond donors (Lipinski definition) is 2. The highest BCUT2D eigenvalue weighted by Gasteiger charge is 2.24. The maximum atomic E-state index is 12.7. The molecule has 0 saturated heterocycles. The minimum Gasteiger partial charge on any atom is -0.328 e. The number of thiophene rings is 2. The van der Waals surface area contributed by atoms with Crippen LogP contribution in [0.2, 0.25) is 0 Å². The lowest BCUT2D eigenvalue weighted by Crippen LogP contribution is -2.87. The van der Waals surface area contributed by atoms with E-state index >= 15 is 0 Å². The van der Waals surface area contributed by atoms with Crippen LogP contribution in [0.5, 0.6) is 0 Å². The number of hydrogen-bond acceptors (Lipinski definition) is 4. The van der Waals surface area contributed by atoms with Gasteiger partial charge in [-0.2, -0.15) is 5.26 Å². The van der Waals surface area contributed by atoms with Gasteiger partial charge in [0.15, 0.2) is 6.54 Å². The lowest BCUT2D eigenvalue weighted by molar-refractivity contribution is -0.675. The molecule has 1 atom stereocenters. The molecule has 29 heavy (non-hydrogen) atoms. The smallest absolute Gasteiger partial charge is 0.280 e. The second-order valence-corrected chi connectivity index (χ2v) is 9.33. The fourth-order valence-electron chi connectivity index (χ4n) is 3.86. The first-order valence-electron chi connectivity index (χ1n) is 9.99. The Balaban J connectivity index is 1.46. The lowest BCUT2D eigenvalue weighted by atomic mass is 10.0. The van der Waals surface area contributed by atoms with Gasteiger partial charge in [0.2, 0.25) is 0 Å². The van der Waals surface area contributed by atoms with Crippen LogP contribution in [0.4, 0.5) is 5.00 Å². The summed E-state index contributed by atoms with van der Waals surface area (Å²) < 4.78 is 0. The van der Waals surface area contributed by atoms with Gasteiger partial charge in [0.25, 0.3) is 5.91 Å². The third kappa shape index (κ3) is 4.27. The summed E-state index contributed by atoms with van der Waals surface area (Å²) in [5, 5.41) is 17.4. The van der Waals surface area contributed by atoms with Crippen molar-refractivity contribution in [1.82, 2.24) is 0 Å². The topological polar surface area (TPSA) is 69.5 Å². The average molecular weight is 423 g/mol. The van der Waals surface area contributed by atoms with Crippen molar-refractivity contribution >= 4 is 33.6 Å². The Morgan fingerprint density at radius 2 is 2.10 bits per heavy atom. The zero-order valence-electron chi connectivity index (χ0n) is 16.4. The Hall–Kier alpha value is -2.46. The van der Waals surface area contributed by atoms with Crippen molar-refractivity contribution in [3.05, 3.63) is 73.8 Å². The van der Waals surface area contributed by atoms with Crippen LogP contribution in [0.15, 0.2) is 41.8 Å². The molecular formula is C23H24N3OS2+. The zero-order valence-corrected chi connectivity index (χ0v) is 18.0. The first-order valence-corrected chi connectivity index (χ1v) is 11.7. The molecule has 0 saturated carbocycles. The van der Waals surface area contributed by atoms with Gasteiger partial charge in [-0.15, -0.1) is 22.7 Å². The van der Waals surface area contributed by atoms with Crippen LogP contribution in [-0.2, 0) is 24.1 Å². The normalized spacial score (nSPS) is 13.7. The number of quaternary nitrogens is 1.